The SMILES string of the molecule is CN(CCO)c1nc2cc(Cl)ccc2s1. The van der Waals surface area contributed by atoms with Crippen LogP contribution in [0.25, 0.3) is 10.2 Å². The molecule has 1 aromatic heterocycles. The molecule has 3 nitrogen and oxygen atoms in total. The summed E-state index contributed by atoms with van der Waals surface area (Å²) in [6, 6.07) is 5.67. The Kier molecular flexibility index (Phi) is 3.09. The van der Waals surface area contributed by atoms with Crippen LogP contribution in [0.2, 0.25) is 5.02 Å². The lowest BCUT2D eigenvalue weighted by Crippen LogP contribution is -2.20. The van der Waals surface area contributed by atoms with E-state index in [1.165, 1.54) is 0 Å². The second-order valence-electron chi connectivity index (χ2n) is 3.25. The Morgan fingerprint density at radius 1 is 1.53 bits per heavy atom. The van der Waals surface area contributed by atoms with Crippen LogP contribution in [0.3, 0.4) is 0 Å². The van der Waals surface area contributed by atoms with Crippen molar-refractivity contribution in [1.82, 2.24) is 4.98 Å². The Hall–Kier alpha value is -0.840. The van der Waals surface area contributed by atoms with Crippen molar-refractivity contribution in [2.24, 2.45) is 0 Å². The van der Waals surface area contributed by atoms with E-state index in [4.69, 9.17) is 16.7 Å². The van der Waals surface area contributed by atoms with E-state index in [0.29, 0.717) is 11.6 Å². The number of hydrogen-bond acceptors (Lipinski definition) is 4. The number of aliphatic hydroxyl groups is 1. The van der Waals surface area contributed by atoms with Crippen LogP contribution in [0.1, 0.15) is 0 Å². The first-order valence-electron chi connectivity index (χ1n) is 4.59. The van der Waals surface area contributed by atoms with Crippen LogP contribution in [0, 0.1) is 0 Å². The van der Waals surface area contributed by atoms with Crippen LogP contribution in [0.15, 0.2) is 18.2 Å². The minimum atomic E-state index is 0.132. The third-order valence-corrected chi connectivity index (χ3v) is 3.49. The fourth-order valence-corrected chi connectivity index (χ4v) is 2.40. The van der Waals surface area contributed by atoms with Crippen LogP contribution in [0.5, 0.6) is 0 Å². The van der Waals surface area contributed by atoms with Gasteiger partial charge in [-0.2, -0.15) is 0 Å². The van der Waals surface area contributed by atoms with E-state index in [1.54, 1.807) is 11.3 Å². The Morgan fingerprint density at radius 3 is 3.07 bits per heavy atom. The molecule has 1 aromatic carbocycles. The zero-order chi connectivity index (χ0) is 10.8. The summed E-state index contributed by atoms with van der Waals surface area (Å²) in [5.74, 6) is 0. The highest BCUT2D eigenvalue weighted by molar-refractivity contribution is 7.22. The highest BCUT2D eigenvalue weighted by Crippen LogP contribution is 2.29. The van der Waals surface area contributed by atoms with Gasteiger partial charge in [-0.1, -0.05) is 22.9 Å². The van der Waals surface area contributed by atoms with E-state index in [-0.39, 0.29) is 6.61 Å². The number of aliphatic hydroxyl groups excluding tert-OH is 1. The molecular weight excluding hydrogens is 232 g/mol. The highest BCUT2D eigenvalue weighted by atomic mass is 35.5. The normalized spacial score (nSPS) is 10.9. The van der Waals surface area contributed by atoms with E-state index in [2.05, 4.69) is 4.98 Å². The van der Waals surface area contributed by atoms with Crippen molar-refractivity contribution in [2.75, 3.05) is 25.1 Å². The number of hydrogen-bond donors (Lipinski definition) is 1. The molecule has 0 bridgehead atoms. The maximum Gasteiger partial charge on any atom is 0.186 e. The van der Waals surface area contributed by atoms with Gasteiger partial charge in [0.25, 0.3) is 0 Å². The molecule has 80 valence electrons. The molecule has 0 aliphatic rings. The predicted octanol–water partition coefficient (Wildman–Crippen LogP) is 2.38. The van der Waals surface area contributed by atoms with E-state index >= 15 is 0 Å². The Morgan fingerprint density at radius 2 is 2.33 bits per heavy atom. The number of aromatic nitrogens is 1. The smallest absolute Gasteiger partial charge is 0.186 e. The molecule has 1 heterocycles. The van der Waals surface area contributed by atoms with Gasteiger partial charge >= 0.3 is 0 Å². The zero-order valence-electron chi connectivity index (χ0n) is 8.27. The predicted molar refractivity (Wildman–Crippen MR) is 65.0 cm³/mol. The van der Waals surface area contributed by atoms with Crippen LogP contribution in [-0.4, -0.2) is 30.3 Å². The lowest BCUT2D eigenvalue weighted by molar-refractivity contribution is 0.304. The number of benzene rings is 1. The quantitative estimate of drug-likeness (QED) is 0.898. The average molecular weight is 243 g/mol. The average Bonchev–Trinajstić information content (AvgIpc) is 2.60. The number of halogens is 1. The molecule has 2 aromatic rings. The third-order valence-electron chi connectivity index (χ3n) is 2.10. The lowest BCUT2D eigenvalue weighted by Gasteiger charge is -2.12. The molecule has 0 saturated heterocycles. The first kappa shape index (κ1) is 10.7. The van der Waals surface area contributed by atoms with Gasteiger partial charge in [-0.05, 0) is 18.2 Å². The molecule has 0 radical (unpaired) electrons. The van der Waals surface area contributed by atoms with Gasteiger partial charge in [0.05, 0.1) is 16.8 Å². The number of likely N-dealkylation sites (N-methyl/N-ethyl adjacent to an activating group) is 1. The minimum Gasteiger partial charge on any atom is -0.395 e. The summed E-state index contributed by atoms with van der Waals surface area (Å²) in [6.45, 7) is 0.723. The summed E-state index contributed by atoms with van der Waals surface area (Å²) >= 11 is 7.48. The van der Waals surface area contributed by atoms with E-state index in [9.17, 15) is 0 Å². The van der Waals surface area contributed by atoms with Gasteiger partial charge in [0, 0.05) is 18.6 Å². The number of thiazole rings is 1. The molecule has 5 heteroatoms. The van der Waals surface area contributed by atoms with Crippen molar-refractivity contribution in [3.8, 4) is 0 Å². The van der Waals surface area contributed by atoms with E-state index < -0.39 is 0 Å². The van der Waals surface area contributed by atoms with Crippen molar-refractivity contribution in [1.29, 1.82) is 0 Å². The van der Waals surface area contributed by atoms with Crippen LogP contribution < -0.4 is 4.90 Å². The van der Waals surface area contributed by atoms with Crippen LogP contribution in [0.4, 0.5) is 5.13 Å². The van der Waals surface area contributed by atoms with Gasteiger partial charge in [0.1, 0.15) is 0 Å². The number of anilines is 1. The van der Waals surface area contributed by atoms with Gasteiger partial charge < -0.3 is 10.0 Å². The number of rotatable bonds is 3. The summed E-state index contributed by atoms with van der Waals surface area (Å²) in [4.78, 5) is 6.37. The van der Waals surface area contributed by atoms with Gasteiger partial charge in [-0.25, -0.2) is 4.98 Å². The summed E-state index contributed by atoms with van der Waals surface area (Å²) in [6.07, 6.45) is 0. The molecule has 0 unspecified atom stereocenters. The van der Waals surface area contributed by atoms with Gasteiger partial charge in [0.2, 0.25) is 0 Å². The van der Waals surface area contributed by atoms with Crippen molar-refractivity contribution >= 4 is 38.3 Å². The third kappa shape index (κ3) is 2.22. The molecule has 0 aliphatic heterocycles. The second-order valence-corrected chi connectivity index (χ2v) is 4.70. The highest BCUT2D eigenvalue weighted by Gasteiger charge is 2.07. The summed E-state index contributed by atoms with van der Waals surface area (Å²) in [5, 5.41) is 10.4. The molecule has 0 fully saturated rings. The van der Waals surface area contributed by atoms with Gasteiger partial charge in [-0.3, -0.25) is 0 Å². The Labute approximate surface area is 96.9 Å². The van der Waals surface area contributed by atoms with Crippen molar-refractivity contribution in [2.45, 2.75) is 0 Å². The van der Waals surface area contributed by atoms with Gasteiger partial charge in [-0.15, -0.1) is 0 Å². The molecule has 0 saturated carbocycles. The van der Waals surface area contributed by atoms with Crippen molar-refractivity contribution < 1.29 is 5.11 Å². The summed E-state index contributed by atoms with van der Waals surface area (Å²) < 4.78 is 1.11. The van der Waals surface area contributed by atoms with Crippen LogP contribution in [-0.2, 0) is 0 Å². The van der Waals surface area contributed by atoms with Gasteiger partial charge in [0.15, 0.2) is 5.13 Å². The van der Waals surface area contributed by atoms with E-state index in [1.807, 2.05) is 30.1 Å². The molecule has 0 atom stereocenters. The summed E-state index contributed by atoms with van der Waals surface area (Å²) in [7, 11) is 1.91. The lowest BCUT2D eigenvalue weighted by atomic mass is 10.3. The fourth-order valence-electron chi connectivity index (χ4n) is 1.30. The maximum atomic E-state index is 8.83. The van der Waals surface area contributed by atoms with E-state index in [0.717, 1.165) is 15.3 Å². The van der Waals surface area contributed by atoms with Crippen molar-refractivity contribution in [3.63, 3.8) is 0 Å². The molecule has 0 aliphatic carbocycles. The topological polar surface area (TPSA) is 36.4 Å². The molecule has 0 spiro atoms. The standard InChI is InChI=1S/C10H11ClN2OS/c1-13(4-5-14)10-12-8-6-7(11)2-3-9(8)15-10/h2-3,6,14H,4-5H2,1H3. The molecule has 2 rings (SSSR count). The number of fused-ring (bicyclic) bond motifs is 1. The largest absolute Gasteiger partial charge is 0.395 e. The maximum absolute atomic E-state index is 8.83. The van der Waals surface area contributed by atoms with Crippen molar-refractivity contribution in [3.05, 3.63) is 23.2 Å². The number of nitrogens with zero attached hydrogens (tertiary/aromatic N) is 2. The Balaban J connectivity index is 2.38. The van der Waals surface area contributed by atoms with Crippen LogP contribution >= 0.6 is 22.9 Å². The first-order valence-corrected chi connectivity index (χ1v) is 5.78. The Bertz CT molecular complexity index is 471. The fraction of sp³-hybridized carbons (Fsp3) is 0.300. The summed E-state index contributed by atoms with van der Waals surface area (Å²) in [5.41, 5.74) is 0.910. The molecule has 0 amide bonds. The molecular formula is C10H11ClN2OS. The molecule has 1 N–H and O–H groups in total. The minimum absolute atomic E-state index is 0.132. The first-order chi connectivity index (χ1) is 7.20. The monoisotopic (exact) mass is 242 g/mol. The zero-order valence-corrected chi connectivity index (χ0v) is 9.85. The molecule has 15 heavy (non-hydrogen) atoms. The second kappa shape index (κ2) is 4.35.